The van der Waals surface area contributed by atoms with Crippen molar-refractivity contribution in [2.75, 3.05) is 0 Å². The van der Waals surface area contributed by atoms with Crippen LogP contribution in [0.15, 0.2) is 48.5 Å². The smallest absolute Gasteiger partial charge is 0.189 e. The standard InChI is InChI=1S/C14H11F2NO/c15-10-7-4-8-11(16)12(10)14(18)13(17)9-5-2-1-3-6-9/h1-8,13H,17H2/t13-/m1/s1. The van der Waals surface area contributed by atoms with Gasteiger partial charge in [0.15, 0.2) is 5.78 Å². The Morgan fingerprint density at radius 1 is 0.944 bits per heavy atom. The molecule has 0 amide bonds. The molecule has 2 rings (SSSR count). The van der Waals surface area contributed by atoms with Gasteiger partial charge in [-0.3, -0.25) is 4.79 Å². The minimum Gasteiger partial charge on any atom is -0.318 e. The van der Waals surface area contributed by atoms with E-state index in [0.717, 1.165) is 12.1 Å². The van der Waals surface area contributed by atoms with Crippen molar-refractivity contribution >= 4 is 5.78 Å². The van der Waals surface area contributed by atoms with Gasteiger partial charge in [0.25, 0.3) is 0 Å². The minimum atomic E-state index is -1.07. The molecule has 2 aromatic rings. The highest BCUT2D eigenvalue weighted by molar-refractivity contribution is 6.01. The lowest BCUT2D eigenvalue weighted by Gasteiger charge is -2.12. The fraction of sp³-hybridized carbons (Fsp3) is 0.0714. The second-order valence-corrected chi connectivity index (χ2v) is 3.85. The second-order valence-electron chi connectivity index (χ2n) is 3.85. The van der Waals surface area contributed by atoms with Crippen LogP contribution in [-0.2, 0) is 0 Å². The first-order chi connectivity index (χ1) is 8.61. The first-order valence-electron chi connectivity index (χ1n) is 5.40. The molecule has 0 unspecified atom stereocenters. The van der Waals surface area contributed by atoms with Crippen LogP contribution in [0.5, 0.6) is 0 Å². The summed E-state index contributed by atoms with van der Waals surface area (Å²) in [5, 5.41) is 0. The number of ketones is 1. The van der Waals surface area contributed by atoms with Crippen LogP contribution in [0.1, 0.15) is 22.0 Å². The maximum atomic E-state index is 13.5. The van der Waals surface area contributed by atoms with Gasteiger partial charge in [0, 0.05) is 0 Å². The Morgan fingerprint density at radius 2 is 1.50 bits per heavy atom. The molecule has 18 heavy (non-hydrogen) atoms. The summed E-state index contributed by atoms with van der Waals surface area (Å²) in [6, 6.07) is 10.7. The highest BCUT2D eigenvalue weighted by atomic mass is 19.1. The average molecular weight is 247 g/mol. The minimum absolute atomic E-state index is 0.519. The lowest BCUT2D eigenvalue weighted by molar-refractivity contribution is 0.0953. The van der Waals surface area contributed by atoms with Crippen molar-refractivity contribution in [1.29, 1.82) is 0 Å². The van der Waals surface area contributed by atoms with Crippen LogP contribution in [-0.4, -0.2) is 5.78 Å². The number of nitrogens with two attached hydrogens (primary N) is 1. The Labute approximate surface area is 103 Å². The number of hydrogen-bond donors (Lipinski definition) is 1. The second kappa shape index (κ2) is 5.06. The van der Waals surface area contributed by atoms with Crippen LogP contribution in [0.2, 0.25) is 0 Å². The zero-order chi connectivity index (χ0) is 13.1. The van der Waals surface area contributed by atoms with E-state index in [1.807, 2.05) is 0 Å². The molecule has 0 spiro atoms. The Bertz CT molecular complexity index is 549. The Hall–Kier alpha value is -2.07. The summed E-state index contributed by atoms with van der Waals surface area (Å²) in [7, 11) is 0. The normalized spacial score (nSPS) is 12.2. The first-order valence-corrected chi connectivity index (χ1v) is 5.40. The Balaban J connectivity index is 2.38. The number of halogens is 2. The van der Waals surface area contributed by atoms with E-state index in [0.29, 0.717) is 5.56 Å². The van der Waals surface area contributed by atoms with E-state index in [9.17, 15) is 13.6 Å². The quantitative estimate of drug-likeness (QED) is 0.847. The molecule has 0 bridgehead atoms. The maximum Gasteiger partial charge on any atom is 0.189 e. The lowest BCUT2D eigenvalue weighted by atomic mass is 9.97. The molecule has 1 atom stereocenters. The van der Waals surface area contributed by atoms with Crippen molar-refractivity contribution in [2.45, 2.75) is 6.04 Å². The number of benzene rings is 2. The van der Waals surface area contributed by atoms with Crippen molar-refractivity contribution in [1.82, 2.24) is 0 Å². The van der Waals surface area contributed by atoms with Crippen molar-refractivity contribution in [2.24, 2.45) is 5.73 Å². The SMILES string of the molecule is N[C@@H](C(=O)c1c(F)cccc1F)c1ccccc1. The van der Waals surface area contributed by atoms with E-state index < -0.39 is 29.0 Å². The van der Waals surface area contributed by atoms with Gasteiger partial charge in [0.05, 0.1) is 11.6 Å². The molecule has 4 heteroatoms. The Kier molecular flexibility index (Phi) is 3.48. The number of rotatable bonds is 3. The fourth-order valence-electron chi connectivity index (χ4n) is 1.70. The van der Waals surface area contributed by atoms with E-state index in [4.69, 9.17) is 5.73 Å². The summed E-state index contributed by atoms with van der Waals surface area (Å²) in [6.45, 7) is 0. The summed E-state index contributed by atoms with van der Waals surface area (Å²) in [4.78, 5) is 12.0. The third-order valence-electron chi connectivity index (χ3n) is 2.65. The van der Waals surface area contributed by atoms with E-state index >= 15 is 0 Å². The fourth-order valence-corrected chi connectivity index (χ4v) is 1.70. The molecule has 0 aromatic heterocycles. The van der Waals surface area contributed by atoms with E-state index in [1.54, 1.807) is 30.3 Å². The average Bonchev–Trinajstić information content (AvgIpc) is 2.38. The van der Waals surface area contributed by atoms with E-state index in [1.165, 1.54) is 6.07 Å². The predicted octanol–water partition coefficient (Wildman–Crippen LogP) is 2.85. The van der Waals surface area contributed by atoms with Crippen molar-refractivity contribution in [3.05, 3.63) is 71.3 Å². The predicted molar refractivity (Wildman–Crippen MR) is 64.1 cm³/mol. The topological polar surface area (TPSA) is 43.1 Å². The molecule has 0 saturated carbocycles. The van der Waals surface area contributed by atoms with Gasteiger partial charge in [0.2, 0.25) is 0 Å². The molecule has 0 aliphatic carbocycles. The van der Waals surface area contributed by atoms with Gasteiger partial charge in [-0.1, -0.05) is 36.4 Å². The van der Waals surface area contributed by atoms with Gasteiger partial charge in [0.1, 0.15) is 11.6 Å². The summed E-state index contributed by atoms with van der Waals surface area (Å²) in [6.07, 6.45) is 0. The zero-order valence-electron chi connectivity index (χ0n) is 9.44. The summed E-state index contributed by atoms with van der Waals surface area (Å²) < 4.78 is 26.9. The van der Waals surface area contributed by atoms with Gasteiger partial charge >= 0.3 is 0 Å². The Morgan fingerprint density at radius 3 is 2.06 bits per heavy atom. The molecule has 0 radical (unpaired) electrons. The van der Waals surface area contributed by atoms with Gasteiger partial charge in [-0.2, -0.15) is 0 Å². The lowest BCUT2D eigenvalue weighted by Crippen LogP contribution is -2.23. The van der Waals surface area contributed by atoms with Crippen LogP contribution in [0.4, 0.5) is 8.78 Å². The van der Waals surface area contributed by atoms with Gasteiger partial charge in [-0.05, 0) is 17.7 Å². The van der Waals surface area contributed by atoms with Crippen molar-refractivity contribution in [3.63, 3.8) is 0 Å². The molecule has 0 heterocycles. The van der Waals surface area contributed by atoms with E-state index in [-0.39, 0.29) is 0 Å². The van der Waals surface area contributed by atoms with Crippen molar-refractivity contribution in [3.8, 4) is 0 Å². The van der Waals surface area contributed by atoms with Crippen LogP contribution in [0.3, 0.4) is 0 Å². The molecule has 2 N–H and O–H groups in total. The number of hydrogen-bond acceptors (Lipinski definition) is 2. The number of carbonyl (C=O) groups is 1. The maximum absolute atomic E-state index is 13.5. The van der Waals surface area contributed by atoms with E-state index in [2.05, 4.69) is 0 Å². The molecular formula is C14H11F2NO. The molecule has 2 nitrogen and oxygen atoms in total. The molecule has 92 valence electrons. The molecule has 0 fully saturated rings. The summed E-state index contributed by atoms with van der Waals surface area (Å²) in [5.74, 6) is -2.56. The van der Waals surface area contributed by atoms with Gasteiger partial charge in [-0.25, -0.2) is 8.78 Å². The molecule has 2 aromatic carbocycles. The first kappa shape index (κ1) is 12.4. The molecule has 0 saturated heterocycles. The molecule has 0 aliphatic rings. The van der Waals surface area contributed by atoms with Crippen molar-refractivity contribution < 1.29 is 13.6 Å². The third-order valence-corrected chi connectivity index (χ3v) is 2.65. The largest absolute Gasteiger partial charge is 0.318 e. The van der Waals surface area contributed by atoms with Crippen LogP contribution in [0, 0.1) is 11.6 Å². The summed E-state index contributed by atoms with van der Waals surface area (Å²) >= 11 is 0. The molecule has 0 aliphatic heterocycles. The van der Waals surface area contributed by atoms with Gasteiger partial charge < -0.3 is 5.73 Å². The highest BCUT2D eigenvalue weighted by Crippen LogP contribution is 2.20. The summed E-state index contributed by atoms with van der Waals surface area (Å²) in [5.41, 5.74) is 5.66. The molecular weight excluding hydrogens is 236 g/mol. The van der Waals surface area contributed by atoms with Gasteiger partial charge in [-0.15, -0.1) is 0 Å². The zero-order valence-corrected chi connectivity index (χ0v) is 9.44. The van der Waals surface area contributed by atoms with Crippen LogP contribution in [0.25, 0.3) is 0 Å². The third kappa shape index (κ3) is 2.28. The van der Waals surface area contributed by atoms with Crippen LogP contribution >= 0.6 is 0 Å². The highest BCUT2D eigenvalue weighted by Gasteiger charge is 2.23. The monoisotopic (exact) mass is 247 g/mol. The number of Topliss-reactive ketones (excluding diaryl/α,β-unsaturated/α-hetero) is 1. The van der Waals surface area contributed by atoms with Crippen LogP contribution < -0.4 is 5.73 Å². The number of carbonyl (C=O) groups excluding carboxylic acids is 1.